The molecule has 4 bridgehead atoms. The number of aldehydes is 1. The third-order valence-corrected chi connectivity index (χ3v) is 7.96. The van der Waals surface area contributed by atoms with Gasteiger partial charge < -0.3 is 4.74 Å². The maximum Gasteiger partial charge on any atom is 0.153 e. The Morgan fingerprint density at radius 3 is 2.34 bits per heavy atom. The van der Waals surface area contributed by atoms with Crippen LogP contribution in [0.5, 0.6) is 5.75 Å². The molecule has 0 spiro atoms. The molecule has 0 aliphatic heterocycles. The minimum Gasteiger partial charge on any atom is -0.486 e. The average Bonchev–Trinajstić information content (AvgIpc) is 3.24. The second-order valence-electron chi connectivity index (χ2n) is 10.2. The van der Waals surface area contributed by atoms with Crippen molar-refractivity contribution < 1.29 is 9.53 Å². The topological polar surface area (TPSA) is 57.0 Å². The number of carbonyl (C=O) groups is 1. The Labute approximate surface area is 188 Å². The van der Waals surface area contributed by atoms with E-state index in [1.807, 2.05) is 23.0 Å². The monoisotopic (exact) mass is 427 g/mol. The van der Waals surface area contributed by atoms with Crippen LogP contribution in [0.2, 0.25) is 0 Å². The molecule has 4 saturated carbocycles. The Hall–Kier alpha value is -2.95. The molecule has 1 aromatic heterocycles. The molecule has 32 heavy (non-hydrogen) atoms. The fourth-order valence-electron chi connectivity index (χ4n) is 6.96. The lowest BCUT2D eigenvalue weighted by Gasteiger charge is -2.57. The Bertz CT molecular complexity index is 1080. The average molecular weight is 428 g/mol. The van der Waals surface area contributed by atoms with E-state index in [1.165, 1.54) is 44.1 Å². The molecule has 5 heteroatoms. The van der Waals surface area contributed by atoms with Crippen molar-refractivity contribution in [1.82, 2.24) is 15.0 Å². The maximum absolute atomic E-state index is 11.1. The van der Waals surface area contributed by atoms with E-state index >= 15 is 0 Å². The fraction of sp³-hybridized carbons (Fsp3) is 0.444. The van der Waals surface area contributed by atoms with Gasteiger partial charge in [-0.05, 0) is 85.0 Å². The summed E-state index contributed by atoms with van der Waals surface area (Å²) in [6.07, 6.45) is 11.4. The second-order valence-corrected chi connectivity index (χ2v) is 10.2. The third kappa shape index (κ3) is 3.64. The van der Waals surface area contributed by atoms with Gasteiger partial charge in [-0.3, -0.25) is 4.79 Å². The number of para-hydroxylation sites is 1. The quantitative estimate of drug-likeness (QED) is 0.487. The first-order valence-electron chi connectivity index (χ1n) is 11.8. The molecule has 7 rings (SSSR count). The largest absolute Gasteiger partial charge is 0.486 e. The summed E-state index contributed by atoms with van der Waals surface area (Å²) in [5.41, 5.74) is 4.53. The fourth-order valence-corrected chi connectivity index (χ4v) is 6.96. The van der Waals surface area contributed by atoms with E-state index < -0.39 is 0 Å². The summed E-state index contributed by atoms with van der Waals surface area (Å²) in [4.78, 5) is 11.1. The van der Waals surface area contributed by atoms with Crippen LogP contribution in [-0.4, -0.2) is 21.3 Å². The van der Waals surface area contributed by atoms with Crippen molar-refractivity contribution in [2.45, 2.75) is 57.1 Å². The SMILES string of the molecule is O=Cc1ccccc1OCc1cn(Cc2ccc(C34CC5CC(CC(C5)C3)C4)cc2)nn1. The highest BCUT2D eigenvalue weighted by atomic mass is 16.5. The number of nitrogens with zero attached hydrogens (tertiary/aromatic N) is 3. The molecule has 164 valence electrons. The van der Waals surface area contributed by atoms with Crippen LogP contribution in [-0.2, 0) is 18.6 Å². The summed E-state index contributed by atoms with van der Waals surface area (Å²) in [7, 11) is 0. The number of hydrogen-bond donors (Lipinski definition) is 0. The zero-order valence-electron chi connectivity index (χ0n) is 18.3. The number of carbonyl (C=O) groups excluding carboxylic acids is 1. The number of rotatable bonds is 7. The van der Waals surface area contributed by atoms with Crippen molar-refractivity contribution in [3.63, 3.8) is 0 Å². The van der Waals surface area contributed by atoms with Gasteiger partial charge in [-0.25, -0.2) is 4.68 Å². The van der Waals surface area contributed by atoms with Crippen LogP contribution in [0.3, 0.4) is 0 Å². The van der Waals surface area contributed by atoms with E-state index in [1.54, 1.807) is 17.7 Å². The molecule has 1 heterocycles. The normalized spacial score (nSPS) is 28.1. The smallest absolute Gasteiger partial charge is 0.153 e. The molecule has 0 radical (unpaired) electrons. The first-order chi connectivity index (χ1) is 15.7. The number of aromatic nitrogens is 3. The van der Waals surface area contributed by atoms with Crippen molar-refractivity contribution in [2.24, 2.45) is 17.8 Å². The maximum atomic E-state index is 11.1. The molecule has 4 aliphatic rings. The highest BCUT2D eigenvalue weighted by Crippen LogP contribution is 2.60. The highest BCUT2D eigenvalue weighted by Gasteiger charge is 2.51. The van der Waals surface area contributed by atoms with Crippen LogP contribution in [0.15, 0.2) is 54.7 Å². The van der Waals surface area contributed by atoms with Crippen LogP contribution in [0.4, 0.5) is 0 Å². The molecule has 2 aromatic carbocycles. The molecular weight excluding hydrogens is 398 g/mol. The minimum atomic E-state index is 0.288. The molecule has 0 unspecified atom stereocenters. The molecular formula is C27H29N3O2. The van der Waals surface area contributed by atoms with Crippen LogP contribution >= 0.6 is 0 Å². The van der Waals surface area contributed by atoms with Gasteiger partial charge in [0.25, 0.3) is 0 Å². The van der Waals surface area contributed by atoms with Gasteiger partial charge in [0.1, 0.15) is 18.1 Å². The minimum absolute atomic E-state index is 0.288. The predicted molar refractivity (Wildman–Crippen MR) is 122 cm³/mol. The Balaban J connectivity index is 1.11. The first-order valence-corrected chi connectivity index (χ1v) is 11.8. The lowest BCUT2D eigenvalue weighted by atomic mass is 9.48. The summed E-state index contributed by atoms with van der Waals surface area (Å²) >= 11 is 0. The van der Waals surface area contributed by atoms with Gasteiger partial charge in [0.15, 0.2) is 6.29 Å². The van der Waals surface area contributed by atoms with E-state index in [4.69, 9.17) is 4.74 Å². The van der Waals surface area contributed by atoms with Crippen molar-refractivity contribution in [3.8, 4) is 5.75 Å². The van der Waals surface area contributed by atoms with Crippen LogP contribution in [0.25, 0.3) is 0 Å². The molecule has 0 saturated heterocycles. The zero-order chi connectivity index (χ0) is 21.5. The molecule has 0 amide bonds. The summed E-state index contributed by atoms with van der Waals surface area (Å²) < 4.78 is 7.61. The molecule has 0 atom stereocenters. The molecule has 4 aliphatic carbocycles. The number of hydrogen-bond acceptors (Lipinski definition) is 4. The lowest BCUT2D eigenvalue weighted by molar-refractivity contribution is -0.00519. The van der Waals surface area contributed by atoms with Crippen LogP contribution < -0.4 is 4.74 Å². The molecule has 4 fully saturated rings. The summed E-state index contributed by atoms with van der Waals surface area (Å²) in [6, 6.07) is 16.5. The van der Waals surface area contributed by atoms with Gasteiger partial charge in [-0.15, -0.1) is 5.10 Å². The number of ether oxygens (including phenoxy) is 1. The van der Waals surface area contributed by atoms with E-state index in [-0.39, 0.29) is 6.61 Å². The third-order valence-electron chi connectivity index (χ3n) is 7.96. The van der Waals surface area contributed by atoms with Gasteiger partial charge in [0.05, 0.1) is 18.3 Å². The standard InChI is InChI=1S/C27H29N3O2/c31-17-23-3-1-2-4-26(23)32-18-25-16-30(29-28-25)15-19-5-7-24(8-6-19)27-12-20-9-21(13-27)11-22(10-20)14-27/h1-8,16-17,20-22H,9-15,18H2. The van der Waals surface area contributed by atoms with E-state index in [0.717, 1.165) is 29.7 Å². The van der Waals surface area contributed by atoms with Crippen molar-refractivity contribution in [2.75, 3.05) is 0 Å². The predicted octanol–water partition coefficient (Wildman–Crippen LogP) is 5.19. The number of benzene rings is 2. The van der Waals surface area contributed by atoms with E-state index in [0.29, 0.717) is 23.3 Å². The van der Waals surface area contributed by atoms with E-state index in [2.05, 4.69) is 34.6 Å². The van der Waals surface area contributed by atoms with Gasteiger partial charge >= 0.3 is 0 Å². The van der Waals surface area contributed by atoms with Crippen LogP contribution in [0, 0.1) is 17.8 Å². The van der Waals surface area contributed by atoms with Gasteiger partial charge in [0, 0.05) is 0 Å². The Morgan fingerprint density at radius 2 is 1.66 bits per heavy atom. The molecule has 3 aromatic rings. The first kappa shape index (κ1) is 19.7. The summed E-state index contributed by atoms with van der Waals surface area (Å²) in [5.74, 6) is 3.47. The second kappa shape index (κ2) is 7.88. The highest BCUT2D eigenvalue weighted by molar-refractivity contribution is 5.79. The van der Waals surface area contributed by atoms with Gasteiger partial charge in [0.2, 0.25) is 0 Å². The van der Waals surface area contributed by atoms with Crippen molar-refractivity contribution in [1.29, 1.82) is 0 Å². The Morgan fingerprint density at radius 1 is 0.969 bits per heavy atom. The lowest BCUT2D eigenvalue weighted by Crippen LogP contribution is -2.48. The zero-order valence-corrected chi connectivity index (χ0v) is 18.3. The summed E-state index contributed by atoms with van der Waals surface area (Å²) in [6.45, 7) is 0.981. The van der Waals surface area contributed by atoms with Crippen molar-refractivity contribution in [3.05, 3.63) is 77.1 Å². The van der Waals surface area contributed by atoms with Gasteiger partial charge in [-0.2, -0.15) is 0 Å². The van der Waals surface area contributed by atoms with E-state index in [9.17, 15) is 4.79 Å². The molecule has 0 N–H and O–H groups in total. The van der Waals surface area contributed by atoms with Crippen LogP contribution in [0.1, 0.15) is 65.7 Å². The molecule has 5 nitrogen and oxygen atoms in total. The van der Waals surface area contributed by atoms with Gasteiger partial charge in [-0.1, -0.05) is 41.6 Å². The van der Waals surface area contributed by atoms with Crippen molar-refractivity contribution >= 4 is 6.29 Å². The summed E-state index contributed by atoms with van der Waals surface area (Å²) in [5, 5.41) is 8.49. The Kier molecular flexibility index (Phi) is 4.85.